The van der Waals surface area contributed by atoms with E-state index in [1.165, 1.54) is 58.0 Å². The molecule has 0 radical (unpaired) electrons. The third-order valence-corrected chi connectivity index (χ3v) is 6.24. The first-order valence-electron chi connectivity index (χ1n) is 9.44. The molecule has 3 aliphatic rings. The first-order chi connectivity index (χ1) is 10.7. The minimum atomic E-state index is 0.107. The smallest absolute Gasteiger partial charge is 0.223 e. The van der Waals surface area contributed by atoms with Gasteiger partial charge in [-0.25, -0.2) is 0 Å². The molecule has 1 unspecified atom stereocenters. The summed E-state index contributed by atoms with van der Waals surface area (Å²) >= 11 is 0. The van der Waals surface area contributed by atoms with Crippen molar-refractivity contribution in [3.8, 4) is 0 Å². The van der Waals surface area contributed by atoms with Gasteiger partial charge in [-0.3, -0.25) is 4.79 Å². The molecular weight excluding hydrogens is 274 g/mol. The molecule has 0 bridgehead atoms. The molecule has 0 aromatic carbocycles. The van der Waals surface area contributed by atoms with Gasteiger partial charge < -0.3 is 15.5 Å². The molecular formula is C18H33N3O. The predicted octanol–water partition coefficient (Wildman–Crippen LogP) is 2.37. The number of carbonyl (C=O) groups is 1. The van der Waals surface area contributed by atoms with Gasteiger partial charge in [0.1, 0.15) is 0 Å². The normalized spacial score (nSPS) is 29.1. The van der Waals surface area contributed by atoms with Crippen LogP contribution >= 0.6 is 0 Å². The molecule has 3 fully saturated rings. The van der Waals surface area contributed by atoms with E-state index in [9.17, 15) is 4.79 Å². The summed E-state index contributed by atoms with van der Waals surface area (Å²) in [5.74, 6) is 0.383. The Balaban J connectivity index is 1.57. The van der Waals surface area contributed by atoms with Crippen LogP contribution in [0.15, 0.2) is 0 Å². The maximum absolute atomic E-state index is 12.9. The summed E-state index contributed by atoms with van der Waals surface area (Å²) in [6, 6.07) is 0.462. The third kappa shape index (κ3) is 3.65. The second-order valence-corrected chi connectivity index (χ2v) is 7.83. The second-order valence-electron chi connectivity index (χ2n) is 7.83. The van der Waals surface area contributed by atoms with E-state index in [1.54, 1.807) is 0 Å². The fraction of sp³-hybridized carbons (Fsp3) is 0.944. The van der Waals surface area contributed by atoms with Crippen LogP contribution in [0.2, 0.25) is 0 Å². The lowest BCUT2D eigenvalue weighted by atomic mass is 9.71. The minimum Gasteiger partial charge on any atom is -0.338 e. The maximum atomic E-state index is 12.9. The topological polar surface area (TPSA) is 49.6 Å². The summed E-state index contributed by atoms with van der Waals surface area (Å²) in [6.45, 7) is 5.21. The Labute approximate surface area is 135 Å². The zero-order chi connectivity index (χ0) is 15.4. The van der Waals surface area contributed by atoms with Crippen molar-refractivity contribution in [3.05, 3.63) is 0 Å². The summed E-state index contributed by atoms with van der Waals surface area (Å²) in [5.41, 5.74) is 6.18. The van der Waals surface area contributed by atoms with Crippen LogP contribution in [0.5, 0.6) is 0 Å². The summed E-state index contributed by atoms with van der Waals surface area (Å²) in [4.78, 5) is 17.7. The number of nitrogens with zero attached hydrogens (tertiary/aromatic N) is 2. The van der Waals surface area contributed by atoms with E-state index in [-0.39, 0.29) is 5.41 Å². The van der Waals surface area contributed by atoms with E-state index in [0.29, 0.717) is 24.9 Å². The van der Waals surface area contributed by atoms with Gasteiger partial charge in [-0.2, -0.15) is 0 Å². The second kappa shape index (κ2) is 7.31. The van der Waals surface area contributed by atoms with Crippen LogP contribution in [0.4, 0.5) is 0 Å². The predicted molar refractivity (Wildman–Crippen MR) is 89.6 cm³/mol. The lowest BCUT2D eigenvalue weighted by Gasteiger charge is -2.38. The monoisotopic (exact) mass is 307 g/mol. The standard InChI is InChI=1S/C18H33N3O/c19-15-18(8-2-1-3-9-18)13-17(22)21-12-6-7-16(21)14-20-10-4-5-11-20/h16H,1-15,19H2. The van der Waals surface area contributed by atoms with Crippen LogP contribution in [-0.2, 0) is 4.79 Å². The van der Waals surface area contributed by atoms with Crippen molar-refractivity contribution in [3.63, 3.8) is 0 Å². The SMILES string of the molecule is NCC1(CC(=O)N2CCCC2CN2CCCC2)CCCCC1. The first-order valence-corrected chi connectivity index (χ1v) is 9.44. The molecule has 22 heavy (non-hydrogen) atoms. The van der Waals surface area contributed by atoms with Crippen molar-refractivity contribution in [2.75, 3.05) is 32.7 Å². The Morgan fingerprint density at radius 2 is 1.73 bits per heavy atom. The van der Waals surface area contributed by atoms with Crippen molar-refractivity contribution in [2.45, 2.75) is 70.3 Å². The minimum absolute atomic E-state index is 0.107. The molecule has 3 rings (SSSR count). The first kappa shape index (κ1) is 16.3. The van der Waals surface area contributed by atoms with Gasteiger partial charge in [0.15, 0.2) is 0 Å². The van der Waals surface area contributed by atoms with Crippen LogP contribution in [0.3, 0.4) is 0 Å². The molecule has 2 aliphatic heterocycles. The van der Waals surface area contributed by atoms with Gasteiger partial charge in [0.05, 0.1) is 0 Å². The van der Waals surface area contributed by atoms with E-state index < -0.39 is 0 Å². The fourth-order valence-corrected chi connectivity index (χ4v) is 4.79. The van der Waals surface area contributed by atoms with Gasteiger partial charge in [0, 0.05) is 25.6 Å². The summed E-state index contributed by atoms with van der Waals surface area (Å²) in [6.07, 6.45) is 11.9. The molecule has 4 nitrogen and oxygen atoms in total. The Bertz CT molecular complexity index is 373. The highest BCUT2D eigenvalue weighted by Crippen LogP contribution is 2.39. The maximum Gasteiger partial charge on any atom is 0.223 e. The average Bonchev–Trinajstić information content (AvgIpc) is 3.20. The van der Waals surface area contributed by atoms with E-state index in [0.717, 1.165) is 25.9 Å². The van der Waals surface area contributed by atoms with Gasteiger partial charge in [-0.15, -0.1) is 0 Å². The number of likely N-dealkylation sites (tertiary alicyclic amines) is 2. The molecule has 1 aliphatic carbocycles. The van der Waals surface area contributed by atoms with Crippen LogP contribution in [-0.4, -0.2) is 54.5 Å². The van der Waals surface area contributed by atoms with Crippen LogP contribution in [0.25, 0.3) is 0 Å². The van der Waals surface area contributed by atoms with Crippen molar-refractivity contribution in [2.24, 2.45) is 11.1 Å². The Hall–Kier alpha value is -0.610. The van der Waals surface area contributed by atoms with Crippen LogP contribution in [0, 0.1) is 5.41 Å². The van der Waals surface area contributed by atoms with E-state index in [2.05, 4.69) is 9.80 Å². The Kier molecular flexibility index (Phi) is 5.40. The van der Waals surface area contributed by atoms with Crippen molar-refractivity contribution >= 4 is 5.91 Å². The van der Waals surface area contributed by atoms with Gasteiger partial charge in [-0.05, 0) is 63.6 Å². The highest BCUT2D eigenvalue weighted by molar-refractivity contribution is 5.77. The molecule has 1 saturated carbocycles. The van der Waals surface area contributed by atoms with E-state index in [4.69, 9.17) is 5.73 Å². The number of carbonyl (C=O) groups excluding carboxylic acids is 1. The molecule has 4 heteroatoms. The lowest BCUT2D eigenvalue weighted by molar-refractivity contribution is -0.135. The largest absolute Gasteiger partial charge is 0.338 e. The quantitative estimate of drug-likeness (QED) is 0.848. The average molecular weight is 307 g/mol. The van der Waals surface area contributed by atoms with Gasteiger partial charge in [0.2, 0.25) is 5.91 Å². The zero-order valence-electron chi connectivity index (χ0n) is 14.1. The Morgan fingerprint density at radius 1 is 1.00 bits per heavy atom. The number of amides is 1. The van der Waals surface area contributed by atoms with Crippen molar-refractivity contribution < 1.29 is 4.79 Å². The number of nitrogens with two attached hydrogens (primary N) is 1. The van der Waals surface area contributed by atoms with Crippen LogP contribution < -0.4 is 5.73 Å². The highest BCUT2D eigenvalue weighted by atomic mass is 16.2. The van der Waals surface area contributed by atoms with Gasteiger partial charge in [-0.1, -0.05) is 19.3 Å². The van der Waals surface area contributed by atoms with Crippen LogP contribution in [0.1, 0.15) is 64.2 Å². The number of rotatable bonds is 5. The van der Waals surface area contributed by atoms with Crippen molar-refractivity contribution in [1.29, 1.82) is 0 Å². The molecule has 2 heterocycles. The molecule has 1 atom stereocenters. The van der Waals surface area contributed by atoms with Gasteiger partial charge >= 0.3 is 0 Å². The third-order valence-electron chi connectivity index (χ3n) is 6.24. The van der Waals surface area contributed by atoms with Crippen molar-refractivity contribution in [1.82, 2.24) is 9.80 Å². The zero-order valence-corrected chi connectivity index (χ0v) is 14.1. The number of hydrogen-bond acceptors (Lipinski definition) is 3. The van der Waals surface area contributed by atoms with E-state index in [1.807, 2.05) is 0 Å². The van der Waals surface area contributed by atoms with E-state index >= 15 is 0 Å². The summed E-state index contributed by atoms with van der Waals surface area (Å²) in [7, 11) is 0. The Morgan fingerprint density at radius 3 is 2.41 bits per heavy atom. The molecule has 1 amide bonds. The highest BCUT2D eigenvalue weighted by Gasteiger charge is 2.37. The molecule has 0 aromatic heterocycles. The number of hydrogen-bond donors (Lipinski definition) is 1. The van der Waals surface area contributed by atoms with Gasteiger partial charge in [0.25, 0.3) is 0 Å². The molecule has 2 N–H and O–H groups in total. The molecule has 0 aromatic rings. The summed E-state index contributed by atoms with van der Waals surface area (Å²) in [5, 5.41) is 0. The lowest BCUT2D eigenvalue weighted by Crippen LogP contribution is -2.45. The molecule has 126 valence electrons. The summed E-state index contributed by atoms with van der Waals surface area (Å²) < 4.78 is 0. The molecule has 2 saturated heterocycles. The fourth-order valence-electron chi connectivity index (χ4n) is 4.79. The molecule has 0 spiro atoms.